The van der Waals surface area contributed by atoms with Gasteiger partial charge < -0.3 is 10.2 Å². The van der Waals surface area contributed by atoms with Gasteiger partial charge in [0.25, 0.3) is 0 Å². The standard InChI is InChI=1S/C22H27BrFN3O4S/c1-16(22(29)25-2)26(15-17-6-4-7-18(23)14-17)21(28)8-5-13-27(32(3,30)31)20-11-9-19(24)10-12-20/h4,6-7,9-12,14,16H,5,8,13,15H2,1-3H3,(H,25,29)/t16-/m1/s1. The van der Waals surface area contributed by atoms with Crippen molar-refractivity contribution in [1.29, 1.82) is 0 Å². The van der Waals surface area contributed by atoms with Crippen LogP contribution in [0.15, 0.2) is 53.0 Å². The number of benzene rings is 2. The minimum atomic E-state index is -3.62. The molecule has 0 fully saturated rings. The summed E-state index contributed by atoms with van der Waals surface area (Å²) in [6.07, 6.45) is 1.34. The van der Waals surface area contributed by atoms with Crippen molar-refractivity contribution in [1.82, 2.24) is 10.2 Å². The number of anilines is 1. The number of likely N-dealkylation sites (N-methyl/N-ethyl adjacent to an activating group) is 1. The number of hydrogen-bond donors (Lipinski definition) is 1. The molecule has 0 radical (unpaired) electrons. The number of nitrogens with one attached hydrogen (secondary N) is 1. The molecular formula is C22H27BrFN3O4S. The van der Waals surface area contributed by atoms with Gasteiger partial charge in [0, 0.05) is 31.0 Å². The fraction of sp³-hybridized carbons (Fsp3) is 0.364. The van der Waals surface area contributed by atoms with Crippen molar-refractivity contribution in [2.45, 2.75) is 32.4 Å². The SMILES string of the molecule is CNC(=O)[C@@H](C)N(Cc1cccc(Br)c1)C(=O)CCCN(c1ccc(F)cc1)S(C)(=O)=O. The zero-order valence-corrected chi connectivity index (χ0v) is 20.6. The molecule has 0 spiro atoms. The molecule has 0 aliphatic heterocycles. The molecule has 32 heavy (non-hydrogen) atoms. The van der Waals surface area contributed by atoms with Crippen LogP contribution in [0, 0.1) is 5.82 Å². The van der Waals surface area contributed by atoms with Crippen molar-refractivity contribution in [3.63, 3.8) is 0 Å². The molecule has 0 aliphatic carbocycles. The Hall–Kier alpha value is -2.46. The van der Waals surface area contributed by atoms with Gasteiger partial charge >= 0.3 is 0 Å². The molecule has 2 amide bonds. The third kappa shape index (κ3) is 7.30. The number of carbonyl (C=O) groups excluding carboxylic acids is 2. The smallest absolute Gasteiger partial charge is 0.242 e. The molecule has 0 aromatic heterocycles. The summed E-state index contributed by atoms with van der Waals surface area (Å²) in [7, 11) is -2.11. The van der Waals surface area contributed by atoms with Crippen LogP contribution in [0.2, 0.25) is 0 Å². The van der Waals surface area contributed by atoms with Crippen molar-refractivity contribution in [2.75, 3.05) is 24.2 Å². The lowest BCUT2D eigenvalue weighted by molar-refractivity contribution is -0.140. The normalized spacial score (nSPS) is 12.2. The first-order chi connectivity index (χ1) is 15.0. The van der Waals surface area contributed by atoms with Gasteiger partial charge in [0.15, 0.2) is 0 Å². The molecule has 2 aromatic carbocycles. The average molecular weight is 528 g/mol. The van der Waals surface area contributed by atoms with Crippen molar-refractivity contribution >= 4 is 43.5 Å². The van der Waals surface area contributed by atoms with Crippen LogP contribution in [0.4, 0.5) is 10.1 Å². The molecule has 7 nitrogen and oxygen atoms in total. The maximum absolute atomic E-state index is 13.2. The van der Waals surface area contributed by atoms with Crippen LogP contribution in [-0.2, 0) is 26.2 Å². The Morgan fingerprint density at radius 1 is 1.16 bits per heavy atom. The average Bonchev–Trinajstić information content (AvgIpc) is 2.74. The van der Waals surface area contributed by atoms with Gasteiger partial charge in [0.1, 0.15) is 11.9 Å². The number of nitrogens with zero attached hydrogens (tertiary/aromatic N) is 2. The van der Waals surface area contributed by atoms with Gasteiger partial charge in [-0.1, -0.05) is 28.1 Å². The Balaban J connectivity index is 2.13. The van der Waals surface area contributed by atoms with Gasteiger partial charge in [-0.05, 0) is 55.3 Å². The molecule has 174 valence electrons. The van der Waals surface area contributed by atoms with E-state index in [4.69, 9.17) is 0 Å². The summed E-state index contributed by atoms with van der Waals surface area (Å²) in [5, 5.41) is 2.56. The zero-order valence-electron chi connectivity index (χ0n) is 18.2. The molecular weight excluding hydrogens is 501 g/mol. The van der Waals surface area contributed by atoms with Gasteiger partial charge in [0.05, 0.1) is 11.9 Å². The molecule has 0 heterocycles. The highest BCUT2D eigenvalue weighted by atomic mass is 79.9. The summed E-state index contributed by atoms with van der Waals surface area (Å²) in [6, 6.07) is 11.9. The molecule has 1 atom stereocenters. The Labute approximate surface area is 196 Å². The molecule has 10 heteroatoms. The minimum Gasteiger partial charge on any atom is -0.357 e. The van der Waals surface area contributed by atoms with Crippen LogP contribution in [0.25, 0.3) is 0 Å². The maximum atomic E-state index is 13.2. The van der Waals surface area contributed by atoms with E-state index in [9.17, 15) is 22.4 Å². The lowest BCUT2D eigenvalue weighted by Crippen LogP contribution is -2.46. The van der Waals surface area contributed by atoms with Gasteiger partial charge in [-0.25, -0.2) is 12.8 Å². The molecule has 0 aliphatic rings. The zero-order chi connectivity index (χ0) is 23.9. The van der Waals surface area contributed by atoms with E-state index in [1.165, 1.54) is 36.2 Å². The highest BCUT2D eigenvalue weighted by molar-refractivity contribution is 9.10. The van der Waals surface area contributed by atoms with Crippen LogP contribution in [0.5, 0.6) is 0 Å². The first-order valence-corrected chi connectivity index (χ1v) is 12.7. The lowest BCUT2D eigenvalue weighted by atomic mass is 10.1. The van der Waals surface area contributed by atoms with Crippen molar-refractivity contribution in [3.05, 3.63) is 64.4 Å². The Morgan fingerprint density at radius 2 is 1.81 bits per heavy atom. The van der Waals surface area contributed by atoms with Crippen molar-refractivity contribution in [2.24, 2.45) is 0 Å². The van der Waals surface area contributed by atoms with E-state index >= 15 is 0 Å². The summed E-state index contributed by atoms with van der Waals surface area (Å²) in [5.74, 6) is -1.03. The van der Waals surface area contributed by atoms with E-state index in [1.807, 2.05) is 24.3 Å². The topological polar surface area (TPSA) is 86.8 Å². The number of carbonyl (C=O) groups is 2. The van der Waals surface area contributed by atoms with Crippen LogP contribution < -0.4 is 9.62 Å². The van der Waals surface area contributed by atoms with Crippen LogP contribution in [0.3, 0.4) is 0 Å². The molecule has 2 aromatic rings. The summed E-state index contributed by atoms with van der Waals surface area (Å²) in [4.78, 5) is 26.7. The third-order valence-corrected chi connectivity index (χ3v) is 6.61. The van der Waals surface area contributed by atoms with E-state index < -0.39 is 21.9 Å². The first-order valence-electron chi connectivity index (χ1n) is 10.0. The third-order valence-electron chi connectivity index (χ3n) is 4.92. The van der Waals surface area contributed by atoms with E-state index in [0.717, 1.165) is 20.6 Å². The van der Waals surface area contributed by atoms with Crippen LogP contribution in [0.1, 0.15) is 25.3 Å². The number of amides is 2. The molecule has 1 N–H and O–H groups in total. The minimum absolute atomic E-state index is 0.0442. The fourth-order valence-electron chi connectivity index (χ4n) is 3.23. The Bertz CT molecular complexity index is 1050. The number of hydrogen-bond acceptors (Lipinski definition) is 4. The fourth-order valence-corrected chi connectivity index (χ4v) is 4.65. The Kier molecular flexibility index (Phi) is 9.21. The lowest BCUT2D eigenvalue weighted by Gasteiger charge is -2.29. The van der Waals surface area contributed by atoms with Crippen LogP contribution >= 0.6 is 15.9 Å². The number of halogens is 2. The van der Waals surface area contributed by atoms with Gasteiger partial charge in [0.2, 0.25) is 21.8 Å². The van der Waals surface area contributed by atoms with Crippen molar-refractivity contribution in [3.8, 4) is 0 Å². The predicted molar refractivity (Wildman–Crippen MR) is 126 cm³/mol. The van der Waals surface area contributed by atoms with Crippen LogP contribution in [-0.4, -0.2) is 51.0 Å². The monoisotopic (exact) mass is 527 g/mol. The van der Waals surface area contributed by atoms with Gasteiger partial charge in [-0.3, -0.25) is 13.9 Å². The van der Waals surface area contributed by atoms with Crippen molar-refractivity contribution < 1.29 is 22.4 Å². The Morgan fingerprint density at radius 3 is 2.38 bits per heavy atom. The maximum Gasteiger partial charge on any atom is 0.242 e. The van der Waals surface area contributed by atoms with E-state index in [1.54, 1.807) is 6.92 Å². The summed E-state index contributed by atoms with van der Waals surface area (Å²) in [6.45, 7) is 1.94. The highest BCUT2D eigenvalue weighted by Crippen LogP contribution is 2.20. The molecule has 0 bridgehead atoms. The quantitative estimate of drug-likeness (QED) is 0.513. The summed E-state index contributed by atoms with van der Waals surface area (Å²) in [5.41, 5.74) is 1.18. The number of sulfonamides is 1. The van der Waals surface area contributed by atoms with Gasteiger partial charge in [-0.15, -0.1) is 0 Å². The molecule has 0 saturated carbocycles. The summed E-state index contributed by atoms with van der Waals surface area (Å²) < 4.78 is 39.6. The second kappa shape index (κ2) is 11.4. The second-order valence-electron chi connectivity index (χ2n) is 7.36. The summed E-state index contributed by atoms with van der Waals surface area (Å²) >= 11 is 3.40. The van der Waals surface area contributed by atoms with E-state index in [0.29, 0.717) is 5.69 Å². The molecule has 0 saturated heterocycles. The second-order valence-corrected chi connectivity index (χ2v) is 10.2. The van der Waals surface area contributed by atoms with E-state index in [2.05, 4.69) is 21.2 Å². The number of rotatable bonds is 10. The predicted octanol–water partition coefficient (Wildman–Crippen LogP) is 3.30. The molecule has 2 rings (SSSR count). The van der Waals surface area contributed by atoms with Gasteiger partial charge in [-0.2, -0.15) is 0 Å². The van der Waals surface area contributed by atoms with E-state index in [-0.39, 0.29) is 37.7 Å². The molecule has 0 unspecified atom stereocenters. The largest absolute Gasteiger partial charge is 0.357 e. The first kappa shape index (κ1) is 25.8. The highest BCUT2D eigenvalue weighted by Gasteiger charge is 2.26.